The van der Waals surface area contributed by atoms with E-state index in [9.17, 15) is 15.0 Å². The normalized spacial score (nSPS) is 13.3. The third-order valence-electron chi connectivity index (χ3n) is 7.43. The van der Waals surface area contributed by atoms with Crippen molar-refractivity contribution in [3.05, 3.63) is 0 Å². The Hall–Kier alpha value is -0.810. The van der Waals surface area contributed by atoms with E-state index in [0.29, 0.717) is 12.8 Å². The molecule has 5 heteroatoms. The minimum atomic E-state index is -1.16. The molecule has 0 aromatic rings. The smallest absolute Gasteiger partial charge is 0.405 e. The SMILES string of the molecule is CC(C)CCCCCCCCCCCCC(O)OC(=O)OC(O)CCCCCCCCCCCCC(C)C. The monoisotopic (exact) mass is 542 g/mol. The molecule has 0 aromatic carbocycles. The zero-order valence-corrected chi connectivity index (χ0v) is 25.9. The molecule has 0 fully saturated rings. The van der Waals surface area contributed by atoms with E-state index in [1.165, 1.54) is 103 Å². The van der Waals surface area contributed by atoms with Crippen molar-refractivity contribution in [1.29, 1.82) is 0 Å². The average Bonchev–Trinajstić information content (AvgIpc) is 2.84. The Morgan fingerprint density at radius 3 is 0.868 bits per heavy atom. The standard InChI is InChI=1S/C33H66O5/c1-29(2)25-21-17-13-9-5-7-11-15-19-23-27-31(34)37-33(36)38-32(35)28-24-20-16-12-8-6-10-14-18-22-26-30(3)4/h29-32,34-35H,5-28H2,1-4H3. The molecular weight excluding hydrogens is 476 g/mol. The zero-order valence-electron chi connectivity index (χ0n) is 25.9. The number of hydrogen-bond donors (Lipinski definition) is 2. The van der Waals surface area contributed by atoms with Gasteiger partial charge >= 0.3 is 6.16 Å². The predicted molar refractivity (Wildman–Crippen MR) is 160 cm³/mol. The van der Waals surface area contributed by atoms with Gasteiger partial charge in [-0.05, 0) is 24.7 Å². The molecule has 0 spiro atoms. The van der Waals surface area contributed by atoms with Crippen LogP contribution in [0.3, 0.4) is 0 Å². The summed E-state index contributed by atoms with van der Waals surface area (Å²) in [7, 11) is 0. The van der Waals surface area contributed by atoms with Crippen molar-refractivity contribution in [2.45, 2.75) is 194 Å². The lowest BCUT2D eigenvalue weighted by atomic mass is 10.0. The molecule has 0 bridgehead atoms. The largest absolute Gasteiger partial charge is 0.512 e. The van der Waals surface area contributed by atoms with Crippen LogP contribution in [0.2, 0.25) is 0 Å². The van der Waals surface area contributed by atoms with Gasteiger partial charge in [-0.2, -0.15) is 0 Å². The molecule has 2 N–H and O–H groups in total. The lowest BCUT2D eigenvalue weighted by molar-refractivity contribution is -0.129. The first-order chi connectivity index (χ1) is 18.3. The number of carbonyl (C=O) groups is 1. The second-order valence-corrected chi connectivity index (χ2v) is 12.4. The Balaban J connectivity index is 3.43. The van der Waals surface area contributed by atoms with Crippen LogP contribution < -0.4 is 0 Å². The Morgan fingerprint density at radius 2 is 0.632 bits per heavy atom. The summed E-state index contributed by atoms with van der Waals surface area (Å²) in [5, 5.41) is 19.8. The van der Waals surface area contributed by atoms with Gasteiger partial charge in [0.25, 0.3) is 0 Å². The van der Waals surface area contributed by atoms with E-state index in [1.807, 2.05) is 0 Å². The molecule has 0 aliphatic heterocycles. The third kappa shape index (κ3) is 29.7. The fraction of sp³-hybridized carbons (Fsp3) is 0.970. The fourth-order valence-corrected chi connectivity index (χ4v) is 4.94. The minimum absolute atomic E-state index is 0.416. The maximum absolute atomic E-state index is 11.8. The molecule has 0 heterocycles. The van der Waals surface area contributed by atoms with Gasteiger partial charge in [0.05, 0.1) is 0 Å². The van der Waals surface area contributed by atoms with Crippen LogP contribution >= 0.6 is 0 Å². The first-order valence-corrected chi connectivity index (χ1v) is 16.5. The van der Waals surface area contributed by atoms with Gasteiger partial charge in [-0.1, -0.05) is 156 Å². The third-order valence-corrected chi connectivity index (χ3v) is 7.43. The summed E-state index contributed by atoms with van der Waals surface area (Å²) < 4.78 is 9.76. The number of unbranched alkanes of at least 4 members (excludes halogenated alkanes) is 18. The van der Waals surface area contributed by atoms with Crippen molar-refractivity contribution >= 4 is 6.16 Å². The van der Waals surface area contributed by atoms with E-state index in [1.54, 1.807) is 0 Å². The van der Waals surface area contributed by atoms with Crippen molar-refractivity contribution in [3.63, 3.8) is 0 Å². The summed E-state index contributed by atoms with van der Waals surface area (Å²) in [5.74, 6) is 1.66. The van der Waals surface area contributed by atoms with E-state index in [2.05, 4.69) is 27.7 Å². The molecule has 2 unspecified atom stereocenters. The van der Waals surface area contributed by atoms with Crippen LogP contribution in [-0.4, -0.2) is 28.9 Å². The second kappa shape index (κ2) is 27.7. The molecule has 0 aliphatic carbocycles. The Bertz CT molecular complexity index is 452. The highest BCUT2D eigenvalue weighted by atomic mass is 16.8. The summed E-state index contributed by atoms with van der Waals surface area (Å²) in [6.45, 7) is 9.18. The summed E-state index contributed by atoms with van der Waals surface area (Å²) in [6.07, 6.45) is 24.8. The molecule has 0 radical (unpaired) electrons. The van der Waals surface area contributed by atoms with Crippen LogP contribution in [0.4, 0.5) is 4.79 Å². The molecule has 2 atom stereocenters. The Labute approximate surface area is 236 Å². The summed E-state index contributed by atoms with van der Waals surface area (Å²) in [6, 6.07) is 0. The topological polar surface area (TPSA) is 76.0 Å². The minimum Gasteiger partial charge on any atom is -0.405 e. The molecule has 5 nitrogen and oxygen atoms in total. The van der Waals surface area contributed by atoms with Crippen LogP contribution in [0.15, 0.2) is 0 Å². The highest BCUT2D eigenvalue weighted by Crippen LogP contribution is 2.16. The van der Waals surface area contributed by atoms with Gasteiger partial charge in [0, 0.05) is 12.8 Å². The highest BCUT2D eigenvalue weighted by molar-refractivity contribution is 5.60. The van der Waals surface area contributed by atoms with Gasteiger partial charge in [0.1, 0.15) is 0 Å². The van der Waals surface area contributed by atoms with Crippen LogP contribution in [0.25, 0.3) is 0 Å². The zero-order chi connectivity index (χ0) is 28.3. The second-order valence-electron chi connectivity index (χ2n) is 12.4. The fourth-order valence-electron chi connectivity index (χ4n) is 4.94. The Morgan fingerprint density at radius 1 is 0.421 bits per heavy atom. The molecule has 0 saturated heterocycles. The molecule has 228 valence electrons. The van der Waals surface area contributed by atoms with E-state index in [-0.39, 0.29) is 0 Å². The van der Waals surface area contributed by atoms with Crippen molar-refractivity contribution in [3.8, 4) is 0 Å². The van der Waals surface area contributed by atoms with Crippen molar-refractivity contribution in [2.24, 2.45) is 11.8 Å². The van der Waals surface area contributed by atoms with Crippen molar-refractivity contribution in [2.75, 3.05) is 0 Å². The van der Waals surface area contributed by atoms with Crippen LogP contribution in [0, 0.1) is 11.8 Å². The molecule has 0 aliphatic rings. The maximum atomic E-state index is 11.8. The first-order valence-electron chi connectivity index (χ1n) is 16.5. The van der Waals surface area contributed by atoms with Gasteiger partial charge < -0.3 is 19.7 Å². The summed E-state index contributed by atoms with van der Waals surface area (Å²) >= 11 is 0. The number of aliphatic hydroxyl groups is 2. The summed E-state index contributed by atoms with van der Waals surface area (Å²) in [5.41, 5.74) is 0. The van der Waals surface area contributed by atoms with Crippen LogP contribution in [0.5, 0.6) is 0 Å². The molecule has 0 amide bonds. The van der Waals surface area contributed by atoms with E-state index in [0.717, 1.165) is 50.4 Å². The van der Waals surface area contributed by atoms with Crippen LogP contribution in [-0.2, 0) is 9.47 Å². The molecule has 0 rings (SSSR count). The van der Waals surface area contributed by atoms with E-state index >= 15 is 0 Å². The number of ether oxygens (including phenoxy) is 2. The number of carbonyl (C=O) groups excluding carboxylic acids is 1. The highest BCUT2D eigenvalue weighted by Gasteiger charge is 2.16. The van der Waals surface area contributed by atoms with Gasteiger partial charge in [-0.25, -0.2) is 4.79 Å². The lowest BCUT2D eigenvalue weighted by Crippen LogP contribution is -2.23. The molecule has 38 heavy (non-hydrogen) atoms. The molecule has 0 saturated carbocycles. The predicted octanol–water partition coefficient (Wildman–Crippen LogP) is 10.5. The number of aliphatic hydroxyl groups excluding tert-OH is 2. The lowest BCUT2D eigenvalue weighted by Gasteiger charge is -2.15. The van der Waals surface area contributed by atoms with Gasteiger partial charge in [-0.15, -0.1) is 0 Å². The van der Waals surface area contributed by atoms with Crippen molar-refractivity contribution in [1.82, 2.24) is 0 Å². The van der Waals surface area contributed by atoms with Gasteiger partial charge in [0.15, 0.2) is 0 Å². The van der Waals surface area contributed by atoms with Gasteiger partial charge in [-0.3, -0.25) is 0 Å². The summed E-state index contributed by atoms with van der Waals surface area (Å²) in [4.78, 5) is 11.8. The quantitative estimate of drug-likeness (QED) is 0.0584. The van der Waals surface area contributed by atoms with Crippen LogP contribution in [0.1, 0.15) is 182 Å². The van der Waals surface area contributed by atoms with E-state index in [4.69, 9.17) is 9.47 Å². The molecular formula is C33H66O5. The number of hydrogen-bond acceptors (Lipinski definition) is 5. The Kier molecular flexibility index (Phi) is 27.2. The first kappa shape index (κ1) is 37.2. The maximum Gasteiger partial charge on any atom is 0.512 e. The van der Waals surface area contributed by atoms with Crippen molar-refractivity contribution < 1.29 is 24.5 Å². The average molecular weight is 543 g/mol. The number of rotatable bonds is 28. The van der Waals surface area contributed by atoms with Gasteiger partial charge in [0.2, 0.25) is 12.6 Å². The van der Waals surface area contributed by atoms with E-state index < -0.39 is 18.7 Å². The molecule has 0 aromatic heterocycles.